The maximum Gasteiger partial charge on any atom is 0.259 e. The largest absolute Gasteiger partial charge is 0.490 e. The molecule has 0 radical (unpaired) electrons. The van der Waals surface area contributed by atoms with Gasteiger partial charge in [-0.2, -0.15) is 5.26 Å². The number of primary amides is 1. The lowest BCUT2D eigenvalue weighted by Gasteiger charge is -2.15. The van der Waals surface area contributed by atoms with E-state index in [0.717, 1.165) is 9.13 Å². The average Bonchev–Trinajstić information content (AvgIpc) is 2.59. The smallest absolute Gasteiger partial charge is 0.259 e. The first-order chi connectivity index (χ1) is 12.4. The van der Waals surface area contributed by atoms with Crippen LogP contribution in [-0.2, 0) is 11.4 Å². The van der Waals surface area contributed by atoms with Gasteiger partial charge in [-0.15, -0.1) is 0 Å². The summed E-state index contributed by atoms with van der Waals surface area (Å²) in [5.74, 6) is 0.332. The van der Waals surface area contributed by atoms with Crippen molar-refractivity contribution in [1.29, 1.82) is 5.26 Å². The lowest BCUT2D eigenvalue weighted by molar-refractivity contribution is -0.114. The molecule has 0 aliphatic rings. The first kappa shape index (κ1) is 20.1. The van der Waals surface area contributed by atoms with Gasteiger partial charge in [-0.25, -0.2) is 0 Å². The number of nitrogens with zero attached hydrogens (tertiary/aromatic N) is 1. The number of carbonyl (C=O) groups is 1. The molecule has 0 saturated heterocycles. The fraction of sp³-hybridized carbons (Fsp3) is 0.158. The predicted octanol–water partition coefficient (Wildman–Crippen LogP) is 4.31. The second-order valence-electron chi connectivity index (χ2n) is 5.22. The van der Waals surface area contributed by atoms with Crippen LogP contribution in [0.5, 0.6) is 11.5 Å². The molecule has 2 aromatic carbocycles. The molecule has 0 heterocycles. The van der Waals surface area contributed by atoms with Crippen LogP contribution < -0.4 is 15.2 Å². The molecule has 1 amide bonds. The molecule has 0 atom stereocenters. The number of carbonyl (C=O) groups excluding carboxylic acids is 1. The minimum absolute atomic E-state index is 0.129. The standard InChI is InChI=1S/C19H16ClIN2O3/c1-2-25-17-9-13(6-14(10-22)19(23)24)8-16(21)18(17)26-11-12-4-3-5-15(20)7-12/h3-9H,2,11H2,1H3,(H2,23,24)/b14-6+. The minimum Gasteiger partial charge on any atom is -0.490 e. The summed E-state index contributed by atoms with van der Waals surface area (Å²) in [5, 5.41) is 9.64. The molecular weight excluding hydrogens is 467 g/mol. The number of nitriles is 1. The Kier molecular flexibility index (Phi) is 7.30. The van der Waals surface area contributed by atoms with Gasteiger partial charge in [0.05, 0.1) is 10.2 Å². The second-order valence-corrected chi connectivity index (χ2v) is 6.81. The van der Waals surface area contributed by atoms with E-state index in [2.05, 4.69) is 22.6 Å². The highest BCUT2D eigenvalue weighted by atomic mass is 127. The minimum atomic E-state index is -0.776. The SMILES string of the molecule is CCOc1cc(/C=C(\C#N)C(N)=O)cc(I)c1OCc1cccc(Cl)c1. The summed E-state index contributed by atoms with van der Waals surface area (Å²) < 4.78 is 12.4. The summed E-state index contributed by atoms with van der Waals surface area (Å²) in [6, 6.07) is 12.7. The third-order valence-corrected chi connectivity index (χ3v) is 4.34. The van der Waals surface area contributed by atoms with Crippen molar-refractivity contribution in [3.63, 3.8) is 0 Å². The third kappa shape index (κ3) is 5.38. The highest BCUT2D eigenvalue weighted by Crippen LogP contribution is 2.35. The molecule has 0 aromatic heterocycles. The van der Waals surface area contributed by atoms with Crippen molar-refractivity contribution >= 4 is 46.2 Å². The van der Waals surface area contributed by atoms with Gasteiger partial charge in [0.25, 0.3) is 5.91 Å². The first-order valence-electron chi connectivity index (χ1n) is 7.69. The number of hydrogen-bond acceptors (Lipinski definition) is 4. The highest BCUT2D eigenvalue weighted by Gasteiger charge is 2.13. The summed E-state index contributed by atoms with van der Waals surface area (Å²) in [6.07, 6.45) is 1.42. The molecule has 0 bridgehead atoms. The molecule has 0 saturated carbocycles. The lowest BCUT2D eigenvalue weighted by atomic mass is 10.1. The average molecular weight is 483 g/mol. The molecule has 0 spiro atoms. The normalized spacial score (nSPS) is 10.9. The zero-order valence-corrected chi connectivity index (χ0v) is 16.9. The van der Waals surface area contributed by atoms with Crippen molar-refractivity contribution in [1.82, 2.24) is 0 Å². The number of ether oxygens (including phenoxy) is 2. The van der Waals surface area contributed by atoms with Crippen molar-refractivity contribution in [2.24, 2.45) is 5.73 Å². The molecular formula is C19H16ClIN2O3. The monoisotopic (exact) mass is 482 g/mol. The Balaban J connectivity index is 2.34. The van der Waals surface area contributed by atoms with E-state index in [0.29, 0.717) is 35.3 Å². The van der Waals surface area contributed by atoms with Gasteiger partial charge in [0, 0.05) is 5.02 Å². The van der Waals surface area contributed by atoms with Gasteiger partial charge in [-0.1, -0.05) is 23.7 Å². The first-order valence-corrected chi connectivity index (χ1v) is 9.15. The van der Waals surface area contributed by atoms with E-state index in [1.165, 1.54) is 6.08 Å². The molecule has 0 fully saturated rings. The van der Waals surface area contributed by atoms with Gasteiger partial charge in [0.1, 0.15) is 18.2 Å². The van der Waals surface area contributed by atoms with Gasteiger partial charge in [-0.3, -0.25) is 4.79 Å². The highest BCUT2D eigenvalue weighted by molar-refractivity contribution is 14.1. The van der Waals surface area contributed by atoms with E-state index in [1.54, 1.807) is 24.3 Å². The van der Waals surface area contributed by atoms with Gasteiger partial charge in [0.15, 0.2) is 11.5 Å². The van der Waals surface area contributed by atoms with Gasteiger partial charge >= 0.3 is 0 Å². The van der Waals surface area contributed by atoms with Gasteiger partial charge in [-0.05, 0) is 71.0 Å². The molecule has 2 aromatic rings. The maximum absolute atomic E-state index is 11.2. The van der Waals surface area contributed by atoms with E-state index in [1.807, 2.05) is 25.1 Å². The van der Waals surface area contributed by atoms with Crippen LogP contribution in [-0.4, -0.2) is 12.5 Å². The van der Waals surface area contributed by atoms with Crippen LogP contribution in [0.3, 0.4) is 0 Å². The quantitative estimate of drug-likeness (QED) is 0.362. The predicted molar refractivity (Wildman–Crippen MR) is 109 cm³/mol. The molecule has 26 heavy (non-hydrogen) atoms. The third-order valence-electron chi connectivity index (χ3n) is 3.30. The van der Waals surface area contributed by atoms with Crippen LogP contribution in [0, 0.1) is 14.9 Å². The Morgan fingerprint density at radius 2 is 2.12 bits per heavy atom. The number of nitrogens with two attached hydrogens (primary N) is 1. The van der Waals surface area contributed by atoms with Crippen LogP contribution in [0.15, 0.2) is 42.0 Å². The van der Waals surface area contributed by atoms with Crippen LogP contribution in [0.1, 0.15) is 18.1 Å². The van der Waals surface area contributed by atoms with E-state index in [9.17, 15) is 4.79 Å². The summed E-state index contributed by atoms with van der Waals surface area (Å²) >= 11 is 8.11. The zero-order chi connectivity index (χ0) is 19.1. The molecule has 0 aliphatic carbocycles. The summed E-state index contributed by atoms with van der Waals surface area (Å²) in [5.41, 5.74) is 6.62. The number of hydrogen-bond donors (Lipinski definition) is 1. The van der Waals surface area contributed by atoms with Crippen LogP contribution >= 0.6 is 34.2 Å². The fourth-order valence-electron chi connectivity index (χ4n) is 2.18. The van der Waals surface area contributed by atoms with Gasteiger partial charge in [0.2, 0.25) is 0 Å². The molecule has 134 valence electrons. The Hall–Kier alpha value is -2.24. The summed E-state index contributed by atoms with van der Waals surface area (Å²) in [4.78, 5) is 11.2. The lowest BCUT2D eigenvalue weighted by Crippen LogP contribution is -2.12. The topological polar surface area (TPSA) is 85.3 Å². The van der Waals surface area contributed by atoms with Crippen molar-refractivity contribution in [2.75, 3.05) is 6.61 Å². The van der Waals surface area contributed by atoms with E-state index < -0.39 is 5.91 Å². The van der Waals surface area contributed by atoms with E-state index in [-0.39, 0.29) is 5.57 Å². The van der Waals surface area contributed by atoms with Crippen molar-refractivity contribution in [3.05, 3.63) is 61.7 Å². The summed E-state index contributed by atoms with van der Waals surface area (Å²) in [7, 11) is 0. The molecule has 2 N–H and O–H groups in total. The van der Waals surface area contributed by atoms with Crippen LogP contribution in [0.2, 0.25) is 5.02 Å². The number of amides is 1. The molecule has 2 rings (SSSR count). The van der Waals surface area contributed by atoms with E-state index >= 15 is 0 Å². The van der Waals surface area contributed by atoms with Crippen LogP contribution in [0.25, 0.3) is 6.08 Å². The molecule has 5 nitrogen and oxygen atoms in total. The van der Waals surface area contributed by atoms with Crippen molar-refractivity contribution in [2.45, 2.75) is 13.5 Å². The number of halogens is 2. The maximum atomic E-state index is 11.2. The fourth-order valence-corrected chi connectivity index (χ4v) is 3.18. The molecule has 0 aliphatic heterocycles. The summed E-state index contributed by atoms with van der Waals surface area (Å²) in [6.45, 7) is 2.63. The Morgan fingerprint density at radius 3 is 2.73 bits per heavy atom. The number of benzene rings is 2. The zero-order valence-electron chi connectivity index (χ0n) is 14.0. The van der Waals surface area contributed by atoms with Crippen LogP contribution in [0.4, 0.5) is 0 Å². The molecule has 0 unspecified atom stereocenters. The van der Waals surface area contributed by atoms with Crippen molar-refractivity contribution < 1.29 is 14.3 Å². The Morgan fingerprint density at radius 1 is 1.35 bits per heavy atom. The Bertz CT molecular complexity index is 891. The number of rotatable bonds is 7. The van der Waals surface area contributed by atoms with Gasteiger partial charge < -0.3 is 15.2 Å². The Labute approximate surface area is 170 Å². The van der Waals surface area contributed by atoms with Crippen molar-refractivity contribution in [3.8, 4) is 17.6 Å². The second kappa shape index (κ2) is 9.46. The van der Waals surface area contributed by atoms with E-state index in [4.69, 9.17) is 32.1 Å². The molecule has 7 heteroatoms.